The average molecular weight is 493 g/mol. The van der Waals surface area contributed by atoms with Gasteiger partial charge in [0.05, 0.1) is 0 Å². The Morgan fingerprint density at radius 2 is 1.75 bits per heavy atom. The molecule has 1 heterocycles. The van der Waals surface area contributed by atoms with Crippen LogP contribution in [0.25, 0.3) is 6.08 Å². The fourth-order valence-corrected chi connectivity index (χ4v) is 5.38. The normalized spacial score (nSPS) is 17.4. The number of aromatic nitrogens is 1. The Morgan fingerprint density at radius 3 is 2.31 bits per heavy atom. The summed E-state index contributed by atoms with van der Waals surface area (Å²) in [5, 5.41) is 2.95. The van der Waals surface area contributed by atoms with Crippen molar-refractivity contribution >= 4 is 23.6 Å². The molecule has 0 radical (unpaired) electrons. The average Bonchev–Trinajstić information content (AvgIpc) is 2.84. The first kappa shape index (κ1) is 27.2. The second kappa shape index (κ2) is 11.6. The van der Waals surface area contributed by atoms with Crippen LogP contribution in [0.2, 0.25) is 0 Å². The molecule has 0 saturated heterocycles. The molecule has 0 spiro atoms. The Balaban J connectivity index is 1.84. The van der Waals surface area contributed by atoms with Gasteiger partial charge in [0.15, 0.2) is 0 Å². The standard InChI is InChI=1S/C29H40N4O3/c1-8-22-15-25(28(35)30-17-26-18(3)14-19(4)31-29(26)36)20(5)27(16-22)33(9-2)24-12-10-23(11-13-24)32(7)21(6)34/h8,14-16,23-24H,1,9-13,17H2,2-7H3,(H,30,35)(H,31,36). The first-order valence-electron chi connectivity index (χ1n) is 12.8. The number of aryl methyl sites for hydroxylation is 2. The maximum absolute atomic E-state index is 13.3. The molecule has 1 aliphatic rings. The summed E-state index contributed by atoms with van der Waals surface area (Å²) in [5.74, 6) is -0.0986. The van der Waals surface area contributed by atoms with E-state index in [-0.39, 0.29) is 30.0 Å². The molecular formula is C29H40N4O3. The molecule has 1 fully saturated rings. The summed E-state index contributed by atoms with van der Waals surface area (Å²) >= 11 is 0. The van der Waals surface area contributed by atoms with E-state index < -0.39 is 0 Å². The monoisotopic (exact) mass is 492 g/mol. The highest BCUT2D eigenvalue weighted by molar-refractivity contribution is 5.98. The number of carbonyl (C=O) groups excluding carboxylic acids is 2. The number of carbonyl (C=O) groups is 2. The summed E-state index contributed by atoms with van der Waals surface area (Å²) in [7, 11) is 1.89. The molecule has 7 nitrogen and oxygen atoms in total. The lowest BCUT2D eigenvalue weighted by molar-refractivity contribution is -0.130. The largest absolute Gasteiger partial charge is 0.369 e. The van der Waals surface area contributed by atoms with Gasteiger partial charge < -0.3 is 20.1 Å². The van der Waals surface area contributed by atoms with Gasteiger partial charge in [-0.15, -0.1) is 0 Å². The molecule has 3 rings (SSSR count). The van der Waals surface area contributed by atoms with Crippen molar-refractivity contribution in [1.29, 1.82) is 0 Å². The Kier molecular flexibility index (Phi) is 8.77. The van der Waals surface area contributed by atoms with Crippen molar-refractivity contribution in [2.75, 3.05) is 18.5 Å². The molecule has 0 atom stereocenters. The number of H-pyrrole nitrogens is 1. The third-order valence-corrected chi connectivity index (χ3v) is 7.60. The molecule has 2 amide bonds. The van der Waals surface area contributed by atoms with E-state index in [0.717, 1.165) is 60.3 Å². The Morgan fingerprint density at radius 1 is 1.11 bits per heavy atom. The lowest BCUT2D eigenvalue weighted by Gasteiger charge is -2.41. The minimum Gasteiger partial charge on any atom is -0.369 e. The molecule has 194 valence electrons. The molecule has 2 aromatic rings. The minimum absolute atomic E-state index is 0.110. The molecule has 1 saturated carbocycles. The van der Waals surface area contributed by atoms with Crippen LogP contribution in [-0.2, 0) is 11.3 Å². The Bertz CT molecular complexity index is 1190. The lowest BCUT2D eigenvalue weighted by Crippen LogP contribution is -2.44. The quantitative estimate of drug-likeness (QED) is 0.569. The van der Waals surface area contributed by atoms with Crippen LogP contribution in [0, 0.1) is 20.8 Å². The zero-order valence-electron chi connectivity index (χ0n) is 22.5. The minimum atomic E-state index is -0.209. The van der Waals surface area contributed by atoms with Crippen molar-refractivity contribution in [2.45, 2.75) is 78.9 Å². The Labute approximate surface area is 214 Å². The molecule has 0 bridgehead atoms. The van der Waals surface area contributed by atoms with E-state index in [9.17, 15) is 14.4 Å². The van der Waals surface area contributed by atoms with Crippen LogP contribution >= 0.6 is 0 Å². The molecule has 1 aromatic heterocycles. The fourth-order valence-electron chi connectivity index (χ4n) is 5.38. The van der Waals surface area contributed by atoms with Crippen molar-refractivity contribution in [2.24, 2.45) is 0 Å². The number of benzene rings is 1. The van der Waals surface area contributed by atoms with Crippen LogP contribution in [0.15, 0.2) is 29.6 Å². The summed E-state index contributed by atoms with van der Waals surface area (Å²) < 4.78 is 0. The van der Waals surface area contributed by atoms with Crippen molar-refractivity contribution in [1.82, 2.24) is 15.2 Å². The van der Waals surface area contributed by atoms with Crippen LogP contribution in [0.4, 0.5) is 5.69 Å². The number of nitrogens with zero attached hydrogens (tertiary/aromatic N) is 2. The van der Waals surface area contributed by atoms with E-state index in [2.05, 4.69) is 34.8 Å². The predicted octanol–water partition coefficient (Wildman–Crippen LogP) is 4.49. The third-order valence-electron chi connectivity index (χ3n) is 7.60. The second-order valence-electron chi connectivity index (χ2n) is 9.92. The van der Waals surface area contributed by atoms with Gasteiger partial charge in [0.2, 0.25) is 5.91 Å². The number of pyridine rings is 1. The van der Waals surface area contributed by atoms with Crippen molar-refractivity contribution in [3.05, 3.63) is 68.6 Å². The van der Waals surface area contributed by atoms with Gasteiger partial charge in [-0.05, 0) is 88.3 Å². The third kappa shape index (κ3) is 5.89. The highest BCUT2D eigenvalue weighted by atomic mass is 16.2. The number of nitrogens with one attached hydrogen (secondary N) is 2. The van der Waals surface area contributed by atoms with Crippen LogP contribution in [0.3, 0.4) is 0 Å². The van der Waals surface area contributed by atoms with E-state index in [1.54, 1.807) is 13.0 Å². The highest BCUT2D eigenvalue weighted by Crippen LogP contribution is 2.33. The van der Waals surface area contributed by atoms with Crippen molar-refractivity contribution in [3.63, 3.8) is 0 Å². The molecule has 36 heavy (non-hydrogen) atoms. The molecule has 0 unspecified atom stereocenters. The van der Waals surface area contributed by atoms with E-state index in [1.807, 2.05) is 44.9 Å². The number of hydrogen-bond acceptors (Lipinski definition) is 4. The lowest BCUT2D eigenvalue weighted by atomic mass is 9.88. The number of anilines is 1. The SMILES string of the molecule is C=Cc1cc(C(=O)NCc2c(C)cc(C)[nH]c2=O)c(C)c(N(CC)C2CCC(N(C)C(C)=O)CC2)c1. The smallest absolute Gasteiger partial charge is 0.253 e. The number of aromatic amines is 1. The number of hydrogen-bond donors (Lipinski definition) is 2. The van der Waals surface area contributed by atoms with Gasteiger partial charge in [-0.2, -0.15) is 0 Å². The zero-order valence-corrected chi connectivity index (χ0v) is 22.5. The molecule has 1 aliphatic carbocycles. The van der Waals surface area contributed by atoms with Crippen LogP contribution in [0.5, 0.6) is 0 Å². The van der Waals surface area contributed by atoms with Gasteiger partial charge in [-0.25, -0.2) is 0 Å². The summed E-state index contributed by atoms with van der Waals surface area (Å²) in [4.78, 5) is 44.5. The number of rotatable bonds is 8. The highest BCUT2D eigenvalue weighted by Gasteiger charge is 2.29. The summed E-state index contributed by atoms with van der Waals surface area (Å²) in [6, 6.07) is 6.50. The van der Waals surface area contributed by atoms with E-state index in [0.29, 0.717) is 17.2 Å². The van der Waals surface area contributed by atoms with Crippen molar-refractivity contribution in [3.8, 4) is 0 Å². The van der Waals surface area contributed by atoms with Gasteiger partial charge >= 0.3 is 0 Å². The predicted molar refractivity (Wildman–Crippen MR) is 146 cm³/mol. The van der Waals surface area contributed by atoms with E-state index in [4.69, 9.17) is 0 Å². The Hall–Kier alpha value is -3.35. The van der Waals surface area contributed by atoms with Gasteiger partial charge in [-0.1, -0.05) is 12.7 Å². The van der Waals surface area contributed by atoms with Crippen LogP contribution in [0.1, 0.15) is 77.8 Å². The van der Waals surface area contributed by atoms with Crippen LogP contribution < -0.4 is 15.8 Å². The summed E-state index contributed by atoms with van der Waals surface area (Å²) in [6.07, 6.45) is 5.68. The summed E-state index contributed by atoms with van der Waals surface area (Å²) in [5.41, 5.74) is 5.47. The van der Waals surface area contributed by atoms with Gasteiger partial charge in [-0.3, -0.25) is 14.4 Å². The van der Waals surface area contributed by atoms with E-state index >= 15 is 0 Å². The molecular weight excluding hydrogens is 452 g/mol. The van der Waals surface area contributed by atoms with Crippen molar-refractivity contribution < 1.29 is 9.59 Å². The maximum atomic E-state index is 13.3. The number of amides is 2. The fraction of sp³-hybridized carbons (Fsp3) is 0.483. The molecule has 2 N–H and O–H groups in total. The van der Waals surface area contributed by atoms with Gasteiger partial charge in [0.25, 0.3) is 11.5 Å². The second-order valence-corrected chi connectivity index (χ2v) is 9.92. The first-order valence-corrected chi connectivity index (χ1v) is 12.8. The van der Waals surface area contributed by atoms with E-state index in [1.165, 1.54) is 0 Å². The molecule has 1 aromatic carbocycles. The first-order chi connectivity index (χ1) is 17.1. The van der Waals surface area contributed by atoms with Gasteiger partial charge in [0.1, 0.15) is 0 Å². The van der Waals surface area contributed by atoms with Crippen LogP contribution in [-0.4, -0.2) is 47.4 Å². The topological polar surface area (TPSA) is 85.5 Å². The molecule has 7 heteroatoms. The van der Waals surface area contributed by atoms with Gasteiger partial charge in [0, 0.05) is 61.7 Å². The molecule has 0 aliphatic heterocycles. The summed E-state index contributed by atoms with van der Waals surface area (Å²) in [6.45, 7) is 14.4. The zero-order chi connectivity index (χ0) is 26.6. The maximum Gasteiger partial charge on any atom is 0.253 e.